The van der Waals surface area contributed by atoms with Gasteiger partial charge >= 0.3 is 12.1 Å². The van der Waals surface area contributed by atoms with Crippen LogP contribution in [0.4, 0.5) is 18.9 Å². The summed E-state index contributed by atoms with van der Waals surface area (Å²) in [5, 5.41) is 17.8. The Morgan fingerprint density at radius 3 is 2.35 bits per heavy atom. The molecule has 1 unspecified atom stereocenters. The summed E-state index contributed by atoms with van der Waals surface area (Å²) < 4.78 is 37.3. The Morgan fingerprint density at radius 1 is 1.41 bits per heavy atom. The molecule has 0 heterocycles. The predicted molar refractivity (Wildman–Crippen MR) is 56.2 cm³/mol. The second-order valence-corrected chi connectivity index (χ2v) is 4.00. The quantitative estimate of drug-likeness (QED) is 0.731. The fraction of sp³-hybridized carbons (Fsp3) is 0.222. The minimum absolute atomic E-state index is 0.0691. The zero-order chi connectivity index (χ0) is 13.4. The first kappa shape index (κ1) is 13.8. The molecule has 0 aromatic heterocycles. The predicted octanol–water partition coefficient (Wildman–Crippen LogP) is 2.17. The summed E-state index contributed by atoms with van der Waals surface area (Å²) in [7, 11) is 0. The summed E-state index contributed by atoms with van der Waals surface area (Å²) in [6.07, 6.45) is -6.74. The zero-order valence-corrected chi connectivity index (χ0v) is 9.71. The molecule has 1 aromatic rings. The van der Waals surface area contributed by atoms with Crippen molar-refractivity contribution in [2.24, 2.45) is 0 Å². The van der Waals surface area contributed by atoms with E-state index in [-0.39, 0.29) is 10.2 Å². The molecule has 0 bridgehead atoms. The van der Waals surface area contributed by atoms with Crippen LogP contribution in [0.1, 0.15) is 17.2 Å². The van der Waals surface area contributed by atoms with Crippen molar-refractivity contribution in [3.8, 4) is 0 Å². The first-order chi connectivity index (χ1) is 7.64. The number of carbonyl (C=O) groups is 1. The van der Waals surface area contributed by atoms with Gasteiger partial charge in [-0.3, -0.25) is 0 Å². The highest BCUT2D eigenvalue weighted by molar-refractivity contribution is 9.10. The number of aliphatic hydroxyl groups excluding tert-OH is 1. The summed E-state index contributed by atoms with van der Waals surface area (Å²) >= 11 is 2.83. The van der Waals surface area contributed by atoms with Gasteiger partial charge in [0.05, 0.1) is 5.56 Å². The van der Waals surface area contributed by atoms with Crippen molar-refractivity contribution in [1.82, 2.24) is 0 Å². The number of carboxylic acids is 1. The van der Waals surface area contributed by atoms with Gasteiger partial charge in [0.15, 0.2) is 6.10 Å². The average Bonchev–Trinajstić information content (AvgIpc) is 2.19. The second kappa shape index (κ2) is 4.53. The molecule has 0 aliphatic rings. The SMILES string of the molecule is Nc1cc(C(F)(F)F)cc(C(O)C(=O)O)c1Br. The number of rotatable bonds is 2. The van der Waals surface area contributed by atoms with E-state index < -0.39 is 29.4 Å². The Bertz CT molecular complexity index is 462. The molecule has 8 heteroatoms. The number of halogens is 4. The van der Waals surface area contributed by atoms with Crippen molar-refractivity contribution in [3.05, 3.63) is 27.7 Å². The molecule has 4 N–H and O–H groups in total. The van der Waals surface area contributed by atoms with E-state index >= 15 is 0 Å². The smallest absolute Gasteiger partial charge is 0.416 e. The lowest BCUT2D eigenvalue weighted by Gasteiger charge is -2.14. The van der Waals surface area contributed by atoms with Crippen LogP contribution in [-0.4, -0.2) is 16.2 Å². The summed E-state index contributed by atoms with van der Waals surface area (Å²) in [6, 6.07) is 1.20. The number of alkyl halides is 3. The minimum atomic E-state index is -4.66. The van der Waals surface area contributed by atoms with Gasteiger partial charge in [-0.15, -0.1) is 0 Å². The molecule has 0 fully saturated rings. The van der Waals surface area contributed by atoms with Crippen LogP contribution in [0, 0.1) is 0 Å². The number of nitrogen functional groups attached to an aromatic ring is 1. The molecule has 0 aliphatic heterocycles. The van der Waals surface area contributed by atoms with Gasteiger partial charge < -0.3 is 15.9 Å². The van der Waals surface area contributed by atoms with E-state index in [1.807, 2.05) is 0 Å². The van der Waals surface area contributed by atoms with Crippen molar-refractivity contribution >= 4 is 27.6 Å². The van der Waals surface area contributed by atoms with E-state index in [1.54, 1.807) is 0 Å². The monoisotopic (exact) mass is 313 g/mol. The second-order valence-electron chi connectivity index (χ2n) is 3.21. The highest BCUT2D eigenvalue weighted by Crippen LogP contribution is 2.37. The van der Waals surface area contributed by atoms with E-state index in [2.05, 4.69) is 15.9 Å². The normalized spacial score (nSPS) is 13.5. The van der Waals surface area contributed by atoms with Gasteiger partial charge in [-0.05, 0) is 28.1 Å². The molecule has 0 saturated heterocycles. The third kappa shape index (κ3) is 2.89. The zero-order valence-electron chi connectivity index (χ0n) is 8.12. The van der Waals surface area contributed by atoms with Gasteiger partial charge in [-0.25, -0.2) is 4.79 Å². The molecular formula is C9H7BrF3NO3. The maximum Gasteiger partial charge on any atom is 0.416 e. The van der Waals surface area contributed by atoms with Crippen LogP contribution in [0.15, 0.2) is 16.6 Å². The standard InChI is InChI=1S/C9H7BrF3NO3/c10-6-4(7(15)8(16)17)1-3(2-5(6)14)9(11,12)13/h1-2,7,15H,14H2,(H,16,17). The first-order valence-electron chi connectivity index (χ1n) is 4.21. The molecule has 0 radical (unpaired) electrons. The van der Waals surface area contributed by atoms with Crippen LogP contribution < -0.4 is 5.73 Å². The number of aliphatic hydroxyl groups is 1. The highest BCUT2D eigenvalue weighted by Gasteiger charge is 2.33. The third-order valence-electron chi connectivity index (χ3n) is 1.98. The van der Waals surface area contributed by atoms with Gasteiger partial charge in [0.1, 0.15) is 0 Å². The molecule has 1 atom stereocenters. The number of anilines is 1. The molecule has 0 amide bonds. The van der Waals surface area contributed by atoms with Crippen molar-refractivity contribution in [2.75, 3.05) is 5.73 Å². The topological polar surface area (TPSA) is 83.5 Å². The van der Waals surface area contributed by atoms with E-state index in [0.29, 0.717) is 12.1 Å². The number of benzene rings is 1. The number of hydrogen-bond acceptors (Lipinski definition) is 3. The van der Waals surface area contributed by atoms with Crippen molar-refractivity contribution in [1.29, 1.82) is 0 Å². The van der Waals surface area contributed by atoms with E-state index in [0.717, 1.165) is 0 Å². The van der Waals surface area contributed by atoms with Crippen LogP contribution in [0.25, 0.3) is 0 Å². The molecule has 0 aliphatic carbocycles. The van der Waals surface area contributed by atoms with Crippen LogP contribution >= 0.6 is 15.9 Å². The first-order valence-corrected chi connectivity index (χ1v) is 5.01. The van der Waals surface area contributed by atoms with Crippen molar-refractivity contribution in [3.63, 3.8) is 0 Å². The van der Waals surface area contributed by atoms with Crippen LogP contribution in [-0.2, 0) is 11.0 Å². The molecule has 0 saturated carbocycles. The third-order valence-corrected chi connectivity index (χ3v) is 2.90. The van der Waals surface area contributed by atoms with Crippen LogP contribution in [0.3, 0.4) is 0 Å². The number of carboxylic acid groups (broad SMARTS) is 1. The summed E-state index contributed by atoms with van der Waals surface area (Å²) in [5.41, 5.74) is 3.45. The molecule has 0 spiro atoms. The highest BCUT2D eigenvalue weighted by atomic mass is 79.9. The van der Waals surface area contributed by atoms with E-state index in [4.69, 9.17) is 10.8 Å². The maximum absolute atomic E-state index is 12.4. The summed E-state index contributed by atoms with van der Waals surface area (Å²) in [4.78, 5) is 10.5. The van der Waals surface area contributed by atoms with Crippen LogP contribution in [0.5, 0.6) is 0 Å². The number of hydrogen-bond donors (Lipinski definition) is 3. The van der Waals surface area contributed by atoms with Gasteiger partial charge in [0.2, 0.25) is 0 Å². The maximum atomic E-state index is 12.4. The Labute approximate surface area is 102 Å². The largest absolute Gasteiger partial charge is 0.479 e. The number of nitrogens with two attached hydrogens (primary N) is 1. The molecule has 94 valence electrons. The Morgan fingerprint density at radius 2 is 1.94 bits per heavy atom. The average molecular weight is 314 g/mol. The van der Waals surface area contributed by atoms with Gasteiger partial charge in [0.25, 0.3) is 0 Å². The lowest BCUT2D eigenvalue weighted by molar-refractivity contribution is -0.147. The minimum Gasteiger partial charge on any atom is -0.479 e. The fourth-order valence-electron chi connectivity index (χ4n) is 1.17. The van der Waals surface area contributed by atoms with Crippen molar-refractivity contribution < 1.29 is 28.2 Å². The van der Waals surface area contributed by atoms with Gasteiger partial charge in [-0.1, -0.05) is 0 Å². The van der Waals surface area contributed by atoms with Crippen molar-refractivity contribution in [2.45, 2.75) is 12.3 Å². The lowest BCUT2D eigenvalue weighted by Crippen LogP contribution is -2.14. The van der Waals surface area contributed by atoms with Crippen LogP contribution in [0.2, 0.25) is 0 Å². The summed E-state index contributed by atoms with van der Waals surface area (Å²) in [5.74, 6) is -1.66. The molecule has 1 rings (SSSR count). The Balaban J connectivity index is 3.40. The molecule has 17 heavy (non-hydrogen) atoms. The Kier molecular flexibility index (Phi) is 3.68. The van der Waals surface area contributed by atoms with E-state index in [9.17, 15) is 23.1 Å². The van der Waals surface area contributed by atoms with E-state index in [1.165, 1.54) is 0 Å². The molecule has 4 nitrogen and oxygen atoms in total. The van der Waals surface area contributed by atoms with Gasteiger partial charge in [0, 0.05) is 15.7 Å². The Hall–Kier alpha value is -1.28. The molecule has 1 aromatic carbocycles. The lowest BCUT2D eigenvalue weighted by atomic mass is 10.0. The summed E-state index contributed by atoms with van der Waals surface area (Å²) in [6.45, 7) is 0. The number of aliphatic carboxylic acids is 1. The molecular weight excluding hydrogens is 307 g/mol. The van der Waals surface area contributed by atoms with Gasteiger partial charge in [-0.2, -0.15) is 13.2 Å². The fourth-order valence-corrected chi connectivity index (χ4v) is 1.61.